The molecule has 1 N–H and O–H groups in total. The fourth-order valence-electron chi connectivity index (χ4n) is 2.47. The van der Waals surface area contributed by atoms with E-state index in [-0.39, 0.29) is 11.1 Å². The molecule has 1 heterocycles. The number of hydrogen-bond acceptors (Lipinski definition) is 3. The summed E-state index contributed by atoms with van der Waals surface area (Å²) in [5.74, 6) is -2.49. The highest BCUT2D eigenvalue weighted by atomic mass is 79.9. The molecule has 2 rings (SSSR count). The van der Waals surface area contributed by atoms with Crippen LogP contribution < -0.4 is 0 Å². The van der Waals surface area contributed by atoms with Gasteiger partial charge in [-0.2, -0.15) is 0 Å². The van der Waals surface area contributed by atoms with Crippen LogP contribution in [-0.2, 0) is 4.79 Å². The van der Waals surface area contributed by atoms with Crippen molar-refractivity contribution in [1.82, 2.24) is 4.90 Å². The van der Waals surface area contributed by atoms with Gasteiger partial charge in [-0.3, -0.25) is 14.5 Å². The summed E-state index contributed by atoms with van der Waals surface area (Å²) in [6, 6.07) is -1.27. The molecule has 1 aliphatic rings. The second-order valence-electron chi connectivity index (χ2n) is 6.09. The zero-order chi connectivity index (χ0) is 17.9. The van der Waals surface area contributed by atoms with Gasteiger partial charge in [-0.05, 0) is 69.1 Å². The minimum Gasteiger partial charge on any atom is -0.480 e. The molecule has 0 aromatic heterocycles. The lowest BCUT2D eigenvalue weighted by atomic mass is 9.85. The number of amides is 2. The molecule has 0 bridgehead atoms. The van der Waals surface area contributed by atoms with Crippen LogP contribution >= 0.6 is 63.7 Å². The fraction of sp³-hybridized carbons (Fsp3) is 0.357. The highest BCUT2D eigenvalue weighted by Gasteiger charge is 2.50. The molecule has 1 aliphatic heterocycles. The first kappa shape index (κ1) is 19.1. The molecular formula is C14H11Br4NO4. The van der Waals surface area contributed by atoms with Crippen molar-refractivity contribution in [3.05, 3.63) is 29.0 Å². The molecular weight excluding hydrogens is 566 g/mol. The van der Waals surface area contributed by atoms with Crippen LogP contribution in [-0.4, -0.2) is 33.8 Å². The van der Waals surface area contributed by atoms with Crippen LogP contribution in [0.1, 0.15) is 41.5 Å². The third kappa shape index (κ3) is 2.94. The zero-order valence-electron chi connectivity index (χ0n) is 12.2. The molecule has 1 aromatic rings. The molecule has 9 heteroatoms. The molecule has 1 atom stereocenters. The highest BCUT2D eigenvalue weighted by molar-refractivity contribution is 9.15. The number of fused-ring (bicyclic) bond motifs is 1. The van der Waals surface area contributed by atoms with Gasteiger partial charge in [0.25, 0.3) is 11.8 Å². The molecule has 0 aliphatic carbocycles. The Balaban J connectivity index is 2.74. The number of carboxylic acids is 1. The molecule has 5 nitrogen and oxygen atoms in total. The van der Waals surface area contributed by atoms with Crippen molar-refractivity contribution in [2.75, 3.05) is 0 Å². The number of rotatable bonds is 2. The first-order valence-corrected chi connectivity index (χ1v) is 9.55. The Morgan fingerprint density at radius 1 is 0.913 bits per heavy atom. The van der Waals surface area contributed by atoms with E-state index in [1.54, 1.807) is 20.8 Å². The van der Waals surface area contributed by atoms with Crippen molar-refractivity contribution in [2.45, 2.75) is 26.8 Å². The molecule has 0 fully saturated rings. The van der Waals surface area contributed by atoms with E-state index in [0.29, 0.717) is 17.9 Å². The number of benzene rings is 1. The lowest BCUT2D eigenvalue weighted by Gasteiger charge is -2.33. The summed E-state index contributed by atoms with van der Waals surface area (Å²) in [5, 5.41) is 9.54. The molecule has 23 heavy (non-hydrogen) atoms. The predicted molar refractivity (Wildman–Crippen MR) is 98.6 cm³/mol. The van der Waals surface area contributed by atoms with Gasteiger partial charge < -0.3 is 5.11 Å². The van der Waals surface area contributed by atoms with Gasteiger partial charge in [-0.15, -0.1) is 0 Å². The van der Waals surface area contributed by atoms with Crippen molar-refractivity contribution in [3.63, 3.8) is 0 Å². The normalized spacial score (nSPS) is 15.9. The van der Waals surface area contributed by atoms with E-state index in [2.05, 4.69) is 63.7 Å². The van der Waals surface area contributed by atoms with Crippen LogP contribution in [0.3, 0.4) is 0 Å². The van der Waals surface area contributed by atoms with Gasteiger partial charge in [0, 0.05) is 17.9 Å². The number of halogens is 4. The van der Waals surface area contributed by atoms with Crippen LogP contribution in [0.2, 0.25) is 0 Å². The predicted octanol–water partition coefficient (Wildman–Crippen LogP) is 4.83. The van der Waals surface area contributed by atoms with E-state index in [0.717, 1.165) is 4.90 Å². The third-order valence-electron chi connectivity index (χ3n) is 3.44. The van der Waals surface area contributed by atoms with E-state index in [9.17, 15) is 19.5 Å². The van der Waals surface area contributed by atoms with Gasteiger partial charge in [-0.25, -0.2) is 4.79 Å². The first-order chi connectivity index (χ1) is 10.4. The number of carbonyl (C=O) groups is 3. The SMILES string of the molecule is CC(C)(C)[C@@H](C(=O)O)N1C(=O)c2c(Br)c(Br)c(Br)c(Br)c2C1=O. The van der Waals surface area contributed by atoms with Crippen molar-refractivity contribution in [1.29, 1.82) is 0 Å². The Hall–Kier alpha value is -0.250. The van der Waals surface area contributed by atoms with Crippen LogP contribution in [0.25, 0.3) is 0 Å². The maximum atomic E-state index is 12.8. The number of hydrogen-bond donors (Lipinski definition) is 1. The van der Waals surface area contributed by atoms with Crippen molar-refractivity contribution in [2.24, 2.45) is 5.41 Å². The Bertz CT molecular complexity index is 707. The van der Waals surface area contributed by atoms with Gasteiger partial charge in [0.2, 0.25) is 0 Å². The summed E-state index contributed by atoms with van der Waals surface area (Å²) >= 11 is 13.3. The molecule has 124 valence electrons. The fourth-order valence-corrected chi connectivity index (χ4v) is 4.93. The standard InChI is InChI=1S/C14H11Br4NO4/c1-14(2,3)10(13(22)23)19-11(20)4-5(12(19)21)7(16)9(18)8(17)6(4)15/h10H,1-3H3,(H,22,23)/t10-/m1/s1. The summed E-state index contributed by atoms with van der Waals surface area (Å²) in [6.45, 7) is 5.02. The van der Waals surface area contributed by atoms with Crippen LogP contribution in [0.4, 0.5) is 0 Å². The molecule has 0 saturated heterocycles. The Morgan fingerprint density at radius 3 is 1.52 bits per heavy atom. The molecule has 2 amide bonds. The Labute approximate surface area is 166 Å². The van der Waals surface area contributed by atoms with Crippen molar-refractivity contribution >= 4 is 81.5 Å². The lowest BCUT2D eigenvalue weighted by Crippen LogP contribution is -2.52. The summed E-state index contributed by atoms with van der Waals surface area (Å²) in [4.78, 5) is 38.1. The number of aliphatic carboxylic acids is 1. The molecule has 0 saturated carbocycles. The van der Waals surface area contributed by atoms with E-state index in [1.807, 2.05) is 0 Å². The third-order valence-corrected chi connectivity index (χ3v) is 8.21. The molecule has 1 aromatic carbocycles. The summed E-state index contributed by atoms with van der Waals surface area (Å²) in [5.41, 5.74) is -0.521. The van der Waals surface area contributed by atoms with Crippen LogP contribution in [0.15, 0.2) is 17.9 Å². The molecule has 0 radical (unpaired) electrons. The Kier molecular flexibility index (Phi) is 5.17. The second-order valence-corrected chi connectivity index (χ2v) is 9.27. The molecule has 0 spiro atoms. The van der Waals surface area contributed by atoms with Gasteiger partial charge in [0.1, 0.15) is 6.04 Å². The summed E-state index contributed by atoms with van der Waals surface area (Å²) in [6.07, 6.45) is 0. The van der Waals surface area contributed by atoms with E-state index in [1.165, 1.54) is 0 Å². The smallest absolute Gasteiger partial charge is 0.327 e. The maximum Gasteiger partial charge on any atom is 0.327 e. The zero-order valence-corrected chi connectivity index (χ0v) is 18.6. The van der Waals surface area contributed by atoms with Gasteiger partial charge in [0.05, 0.1) is 11.1 Å². The quantitative estimate of drug-likeness (QED) is 0.311. The van der Waals surface area contributed by atoms with Crippen molar-refractivity contribution < 1.29 is 19.5 Å². The number of carboxylic acid groups (broad SMARTS) is 1. The lowest BCUT2D eigenvalue weighted by molar-refractivity contribution is -0.145. The van der Waals surface area contributed by atoms with Gasteiger partial charge in [0.15, 0.2) is 0 Å². The topological polar surface area (TPSA) is 74.7 Å². The van der Waals surface area contributed by atoms with Crippen LogP contribution in [0.5, 0.6) is 0 Å². The first-order valence-electron chi connectivity index (χ1n) is 6.37. The van der Waals surface area contributed by atoms with E-state index < -0.39 is 29.2 Å². The Morgan fingerprint density at radius 2 is 1.26 bits per heavy atom. The van der Waals surface area contributed by atoms with Gasteiger partial charge in [-0.1, -0.05) is 20.8 Å². The average molecular weight is 577 g/mol. The van der Waals surface area contributed by atoms with E-state index in [4.69, 9.17) is 0 Å². The number of imide groups is 1. The minimum atomic E-state index is -1.27. The van der Waals surface area contributed by atoms with Crippen LogP contribution in [0, 0.1) is 5.41 Å². The maximum absolute atomic E-state index is 12.8. The largest absolute Gasteiger partial charge is 0.480 e. The minimum absolute atomic E-state index is 0.146. The molecule has 0 unspecified atom stereocenters. The second kappa shape index (κ2) is 6.24. The van der Waals surface area contributed by atoms with Crippen molar-refractivity contribution in [3.8, 4) is 0 Å². The average Bonchev–Trinajstić information content (AvgIpc) is 2.66. The monoisotopic (exact) mass is 573 g/mol. The van der Waals surface area contributed by atoms with Gasteiger partial charge >= 0.3 is 5.97 Å². The highest BCUT2D eigenvalue weighted by Crippen LogP contribution is 2.46. The summed E-state index contributed by atoms with van der Waals surface area (Å²) < 4.78 is 1.94. The number of nitrogens with zero attached hydrogens (tertiary/aromatic N) is 1. The van der Waals surface area contributed by atoms with E-state index >= 15 is 0 Å². The summed E-state index contributed by atoms with van der Waals surface area (Å²) in [7, 11) is 0. The number of carbonyl (C=O) groups excluding carboxylic acids is 2.